The standard InChI is InChI=1S/C23H29N3O4/c1-13-6-4-7-18(14(13)2)25-21(27)15(3)30-23(29)16-9-10-17-19(12-16)24-20-8-5-11-26(20)22(17)28/h9-10,12-15,18H,4-8,11H2,1-3H3,(H,25,27)/t13-,14-,15-,18+/m0/s1. The summed E-state index contributed by atoms with van der Waals surface area (Å²) in [4.78, 5) is 42.3. The largest absolute Gasteiger partial charge is 0.449 e. The van der Waals surface area contributed by atoms with Gasteiger partial charge < -0.3 is 10.1 Å². The smallest absolute Gasteiger partial charge is 0.338 e. The van der Waals surface area contributed by atoms with Gasteiger partial charge >= 0.3 is 5.97 Å². The van der Waals surface area contributed by atoms with Gasteiger partial charge in [0, 0.05) is 19.0 Å². The molecule has 1 aromatic heterocycles. The molecule has 2 heterocycles. The SMILES string of the molecule is C[C@H]1[C@@H](C)CCC[C@H]1NC(=O)[C@H](C)OC(=O)c1ccc2c(=O)n3c(nc2c1)CCC3. The number of nitrogens with one attached hydrogen (secondary N) is 1. The average Bonchev–Trinajstić information content (AvgIpc) is 3.19. The van der Waals surface area contributed by atoms with Crippen LogP contribution in [0.1, 0.15) is 62.6 Å². The molecule has 7 nitrogen and oxygen atoms in total. The highest BCUT2D eigenvalue weighted by molar-refractivity contribution is 5.95. The van der Waals surface area contributed by atoms with Crippen LogP contribution in [0.15, 0.2) is 23.0 Å². The maximum atomic E-state index is 12.6. The first-order chi connectivity index (χ1) is 14.3. The fourth-order valence-corrected chi connectivity index (χ4v) is 4.58. The lowest BCUT2D eigenvalue weighted by molar-refractivity contribution is -0.130. The third-order valence-electron chi connectivity index (χ3n) is 6.74. The molecular weight excluding hydrogens is 382 g/mol. The molecule has 0 unspecified atom stereocenters. The van der Waals surface area contributed by atoms with E-state index < -0.39 is 12.1 Å². The maximum absolute atomic E-state index is 12.6. The molecule has 1 amide bonds. The monoisotopic (exact) mass is 411 g/mol. The van der Waals surface area contributed by atoms with E-state index >= 15 is 0 Å². The van der Waals surface area contributed by atoms with Crippen LogP contribution >= 0.6 is 0 Å². The van der Waals surface area contributed by atoms with Crippen LogP contribution in [0.4, 0.5) is 0 Å². The first-order valence-corrected chi connectivity index (χ1v) is 10.9. The molecule has 2 aromatic rings. The Bertz CT molecular complexity index is 1040. The minimum absolute atomic E-state index is 0.0732. The molecule has 4 atom stereocenters. The highest BCUT2D eigenvalue weighted by atomic mass is 16.5. The van der Waals surface area contributed by atoms with Gasteiger partial charge in [0.1, 0.15) is 5.82 Å². The molecule has 0 bridgehead atoms. The van der Waals surface area contributed by atoms with E-state index in [0.29, 0.717) is 29.3 Å². The Kier molecular flexibility index (Phi) is 5.62. The summed E-state index contributed by atoms with van der Waals surface area (Å²) in [7, 11) is 0. The van der Waals surface area contributed by atoms with Crippen molar-refractivity contribution in [2.75, 3.05) is 0 Å². The van der Waals surface area contributed by atoms with Crippen LogP contribution in [0.3, 0.4) is 0 Å². The van der Waals surface area contributed by atoms with Crippen molar-refractivity contribution in [2.24, 2.45) is 11.8 Å². The number of benzene rings is 1. The van der Waals surface area contributed by atoms with Gasteiger partial charge in [0.2, 0.25) is 0 Å². The van der Waals surface area contributed by atoms with Crippen molar-refractivity contribution in [3.05, 3.63) is 39.9 Å². The van der Waals surface area contributed by atoms with Gasteiger partial charge in [-0.15, -0.1) is 0 Å². The van der Waals surface area contributed by atoms with Crippen molar-refractivity contribution in [1.29, 1.82) is 0 Å². The fraction of sp³-hybridized carbons (Fsp3) is 0.565. The van der Waals surface area contributed by atoms with Crippen LogP contribution in [-0.4, -0.2) is 33.6 Å². The molecule has 4 rings (SSSR count). The number of nitrogens with zero attached hydrogens (tertiary/aromatic N) is 2. The van der Waals surface area contributed by atoms with Crippen LogP contribution in [-0.2, 0) is 22.5 Å². The van der Waals surface area contributed by atoms with E-state index in [0.717, 1.165) is 31.5 Å². The molecule has 0 spiro atoms. The molecule has 1 aliphatic carbocycles. The summed E-state index contributed by atoms with van der Waals surface area (Å²) in [6.07, 6.45) is 4.00. The lowest BCUT2D eigenvalue weighted by atomic mass is 9.78. The second-order valence-electron chi connectivity index (χ2n) is 8.75. The maximum Gasteiger partial charge on any atom is 0.338 e. The number of hydrogen-bond acceptors (Lipinski definition) is 5. The quantitative estimate of drug-likeness (QED) is 0.782. The van der Waals surface area contributed by atoms with Gasteiger partial charge in [-0.2, -0.15) is 0 Å². The van der Waals surface area contributed by atoms with Crippen molar-refractivity contribution in [3.63, 3.8) is 0 Å². The van der Waals surface area contributed by atoms with Crippen molar-refractivity contribution in [2.45, 2.75) is 71.6 Å². The number of hydrogen-bond donors (Lipinski definition) is 1. The Labute approximate surface area is 175 Å². The first-order valence-electron chi connectivity index (χ1n) is 10.9. The molecule has 2 aliphatic rings. The van der Waals surface area contributed by atoms with Crippen molar-refractivity contribution in [1.82, 2.24) is 14.9 Å². The summed E-state index contributed by atoms with van der Waals surface area (Å²) < 4.78 is 7.11. The Morgan fingerprint density at radius 2 is 2.03 bits per heavy atom. The van der Waals surface area contributed by atoms with E-state index in [4.69, 9.17) is 4.74 Å². The second-order valence-corrected chi connectivity index (χ2v) is 8.75. The van der Waals surface area contributed by atoms with Crippen molar-refractivity contribution < 1.29 is 14.3 Å². The molecule has 7 heteroatoms. The zero-order valence-electron chi connectivity index (χ0n) is 17.8. The van der Waals surface area contributed by atoms with E-state index in [1.807, 2.05) is 0 Å². The van der Waals surface area contributed by atoms with Gasteiger partial charge in [-0.3, -0.25) is 14.2 Å². The fourth-order valence-electron chi connectivity index (χ4n) is 4.58. The van der Waals surface area contributed by atoms with Crippen LogP contribution in [0.25, 0.3) is 10.9 Å². The molecular formula is C23H29N3O4. The Hall–Kier alpha value is -2.70. The molecule has 0 saturated heterocycles. The van der Waals surface area contributed by atoms with E-state index in [1.165, 1.54) is 6.42 Å². The lowest BCUT2D eigenvalue weighted by Gasteiger charge is -2.35. The van der Waals surface area contributed by atoms with Gasteiger partial charge in [-0.05, 0) is 49.8 Å². The topological polar surface area (TPSA) is 90.3 Å². The Balaban J connectivity index is 1.45. The third-order valence-corrected chi connectivity index (χ3v) is 6.74. The molecule has 1 saturated carbocycles. The van der Waals surface area contributed by atoms with Gasteiger partial charge in [-0.1, -0.05) is 26.7 Å². The first kappa shape index (κ1) is 20.6. The zero-order chi connectivity index (χ0) is 21.4. The molecule has 1 fully saturated rings. The van der Waals surface area contributed by atoms with Gasteiger partial charge in [0.25, 0.3) is 11.5 Å². The predicted molar refractivity (Wildman–Crippen MR) is 113 cm³/mol. The van der Waals surface area contributed by atoms with Crippen LogP contribution < -0.4 is 10.9 Å². The molecule has 1 N–H and O–H groups in total. The van der Waals surface area contributed by atoms with Gasteiger partial charge in [0.15, 0.2) is 6.10 Å². The summed E-state index contributed by atoms with van der Waals surface area (Å²) in [5, 5.41) is 3.54. The van der Waals surface area contributed by atoms with Crippen LogP contribution in [0.2, 0.25) is 0 Å². The summed E-state index contributed by atoms with van der Waals surface area (Å²) in [5.41, 5.74) is 0.706. The normalized spacial score (nSPS) is 24.3. The lowest BCUT2D eigenvalue weighted by Crippen LogP contribution is -2.47. The summed E-state index contributed by atoms with van der Waals surface area (Å²) in [6, 6.07) is 4.86. The average molecular weight is 412 g/mol. The number of carbonyl (C=O) groups excluding carboxylic acids is 2. The van der Waals surface area contributed by atoms with E-state index in [2.05, 4.69) is 24.1 Å². The summed E-state index contributed by atoms with van der Waals surface area (Å²) in [5.74, 6) is 0.855. The summed E-state index contributed by atoms with van der Waals surface area (Å²) >= 11 is 0. The summed E-state index contributed by atoms with van der Waals surface area (Å²) in [6.45, 7) is 6.64. The molecule has 160 valence electrons. The Morgan fingerprint density at radius 3 is 2.83 bits per heavy atom. The van der Waals surface area contributed by atoms with Crippen molar-refractivity contribution >= 4 is 22.8 Å². The molecule has 30 heavy (non-hydrogen) atoms. The number of fused-ring (bicyclic) bond motifs is 2. The molecule has 1 aliphatic heterocycles. The number of esters is 1. The van der Waals surface area contributed by atoms with Crippen LogP contribution in [0, 0.1) is 11.8 Å². The molecule has 1 aromatic carbocycles. The predicted octanol–water partition coefficient (Wildman–Crippen LogP) is 2.83. The van der Waals surface area contributed by atoms with Crippen LogP contribution in [0.5, 0.6) is 0 Å². The van der Waals surface area contributed by atoms with E-state index in [-0.39, 0.29) is 23.1 Å². The van der Waals surface area contributed by atoms with Gasteiger partial charge in [0.05, 0.1) is 16.5 Å². The number of aromatic nitrogens is 2. The Morgan fingerprint density at radius 1 is 1.23 bits per heavy atom. The van der Waals surface area contributed by atoms with E-state index in [9.17, 15) is 14.4 Å². The highest BCUT2D eigenvalue weighted by Gasteiger charge is 2.30. The minimum Gasteiger partial charge on any atom is -0.449 e. The van der Waals surface area contributed by atoms with E-state index in [1.54, 1.807) is 29.7 Å². The third kappa shape index (κ3) is 3.85. The second kappa shape index (κ2) is 8.20. The minimum atomic E-state index is -0.892. The number of ether oxygens (including phenoxy) is 1. The molecule has 0 radical (unpaired) electrons. The number of amides is 1. The van der Waals surface area contributed by atoms with Gasteiger partial charge in [-0.25, -0.2) is 9.78 Å². The zero-order valence-corrected chi connectivity index (χ0v) is 17.8. The van der Waals surface area contributed by atoms with Crippen molar-refractivity contribution in [3.8, 4) is 0 Å². The number of aryl methyl sites for hydroxylation is 1. The number of rotatable bonds is 4. The number of carbonyl (C=O) groups is 2. The highest BCUT2D eigenvalue weighted by Crippen LogP contribution is 2.29.